The number of nitrogens with zero attached hydrogens (tertiary/aromatic N) is 2. The third-order valence-corrected chi connectivity index (χ3v) is 2.35. The van der Waals surface area contributed by atoms with E-state index in [1.807, 2.05) is 0 Å². The van der Waals surface area contributed by atoms with E-state index in [1.54, 1.807) is 0 Å². The fourth-order valence-electron chi connectivity index (χ4n) is 0.768. The van der Waals surface area contributed by atoms with Crippen LogP contribution in [0.3, 0.4) is 0 Å². The van der Waals surface area contributed by atoms with Crippen LogP contribution in [0.1, 0.15) is 10.7 Å². The quantitative estimate of drug-likeness (QED) is 0.477. The molecule has 0 atom stereocenters. The molecule has 0 spiro atoms. The van der Waals surface area contributed by atoms with Crippen molar-refractivity contribution >= 4 is 41.3 Å². The normalized spacial score (nSPS) is 12.1. The van der Waals surface area contributed by atoms with Crippen LogP contribution in [0.2, 0.25) is 0 Å². The molecule has 0 saturated carbocycles. The van der Waals surface area contributed by atoms with Gasteiger partial charge in [-0.15, -0.1) is 35.3 Å². The van der Waals surface area contributed by atoms with Crippen LogP contribution in [-0.2, 0) is 12.7 Å². The zero-order valence-electron chi connectivity index (χ0n) is 8.21. The highest BCUT2D eigenvalue weighted by molar-refractivity contribution is 14.0. The molecule has 3 N–H and O–H groups in total. The molecule has 4 nitrogen and oxygen atoms in total. The zero-order chi connectivity index (χ0) is 11.5. The molecule has 0 amide bonds. The smallest absolute Gasteiger partial charge is 0.370 e. The summed E-state index contributed by atoms with van der Waals surface area (Å²) in [6.45, 7) is 0.143. The molecular weight excluding hydrogens is 356 g/mol. The van der Waals surface area contributed by atoms with Crippen LogP contribution < -0.4 is 11.1 Å². The van der Waals surface area contributed by atoms with Crippen molar-refractivity contribution in [1.29, 1.82) is 0 Å². The average Bonchev–Trinajstić information content (AvgIpc) is 2.61. The molecule has 0 saturated heterocycles. The molecule has 0 bridgehead atoms. The number of nitrogens with two attached hydrogens (primary N) is 1. The first-order valence-electron chi connectivity index (χ1n) is 3.91. The Balaban J connectivity index is 0.00000225. The van der Waals surface area contributed by atoms with Gasteiger partial charge in [-0.05, 0) is 0 Å². The van der Waals surface area contributed by atoms with Crippen LogP contribution in [0.4, 0.5) is 13.2 Å². The molecule has 92 valence electrons. The SMILES string of the molecule is CN=C(N)NCc1nc(C(F)(F)F)cs1.I. The lowest BCUT2D eigenvalue weighted by molar-refractivity contribution is -0.140. The van der Waals surface area contributed by atoms with Gasteiger partial charge in [0.25, 0.3) is 0 Å². The minimum Gasteiger partial charge on any atom is -0.370 e. The third kappa shape index (κ3) is 4.51. The largest absolute Gasteiger partial charge is 0.434 e. The van der Waals surface area contributed by atoms with E-state index in [9.17, 15) is 13.2 Å². The summed E-state index contributed by atoms with van der Waals surface area (Å²) >= 11 is 0.925. The average molecular weight is 366 g/mol. The van der Waals surface area contributed by atoms with Crippen molar-refractivity contribution in [2.75, 3.05) is 7.05 Å². The Hall–Kier alpha value is -0.580. The summed E-state index contributed by atoms with van der Waals surface area (Å²) in [5.74, 6) is 0.166. The van der Waals surface area contributed by atoms with E-state index in [2.05, 4.69) is 15.3 Å². The van der Waals surface area contributed by atoms with Crippen molar-refractivity contribution < 1.29 is 13.2 Å². The monoisotopic (exact) mass is 366 g/mol. The topological polar surface area (TPSA) is 63.3 Å². The zero-order valence-corrected chi connectivity index (χ0v) is 11.4. The Morgan fingerprint density at radius 3 is 2.69 bits per heavy atom. The van der Waals surface area contributed by atoms with Crippen molar-refractivity contribution in [3.8, 4) is 0 Å². The van der Waals surface area contributed by atoms with Crippen molar-refractivity contribution in [2.45, 2.75) is 12.7 Å². The number of guanidine groups is 1. The van der Waals surface area contributed by atoms with Crippen molar-refractivity contribution in [3.63, 3.8) is 0 Å². The van der Waals surface area contributed by atoms with Crippen LogP contribution in [0, 0.1) is 0 Å². The van der Waals surface area contributed by atoms with Gasteiger partial charge in [0.05, 0.1) is 6.54 Å². The Morgan fingerprint density at radius 2 is 2.25 bits per heavy atom. The van der Waals surface area contributed by atoms with Gasteiger partial charge >= 0.3 is 6.18 Å². The first kappa shape index (κ1) is 15.4. The maximum absolute atomic E-state index is 12.1. The Bertz CT molecular complexity index is 363. The van der Waals surface area contributed by atoms with Crippen LogP contribution in [0.15, 0.2) is 10.4 Å². The molecule has 0 aliphatic heterocycles. The standard InChI is InChI=1S/C7H9F3N4S.HI/c1-12-6(11)13-2-5-14-4(3-15-5)7(8,9)10;/h3H,2H2,1H3,(H3,11,12,13);1H. The highest BCUT2D eigenvalue weighted by Crippen LogP contribution is 2.29. The van der Waals surface area contributed by atoms with E-state index in [0.29, 0.717) is 5.01 Å². The molecule has 9 heteroatoms. The Kier molecular flexibility index (Phi) is 6.00. The number of rotatable bonds is 2. The van der Waals surface area contributed by atoms with E-state index >= 15 is 0 Å². The number of thiazole rings is 1. The maximum atomic E-state index is 12.1. The lowest BCUT2D eigenvalue weighted by Gasteiger charge is -2.02. The van der Waals surface area contributed by atoms with E-state index in [0.717, 1.165) is 16.7 Å². The summed E-state index contributed by atoms with van der Waals surface area (Å²) in [6, 6.07) is 0. The van der Waals surface area contributed by atoms with Gasteiger partial charge in [-0.25, -0.2) is 4.98 Å². The molecular formula is C7H10F3IN4S. The van der Waals surface area contributed by atoms with Gasteiger partial charge in [0, 0.05) is 12.4 Å². The van der Waals surface area contributed by atoms with Crippen molar-refractivity contribution in [2.24, 2.45) is 10.7 Å². The minimum absolute atomic E-state index is 0. The van der Waals surface area contributed by atoms with E-state index in [4.69, 9.17) is 5.73 Å². The molecule has 1 heterocycles. The van der Waals surface area contributed by atoms with Crippen molar-refractivity contribution in [3.05, 3.63) is 16.1 Å². The van der Waals surface area contributed by atoms with E-state index < -0.39 is 11.9 Å². The number of nitrogens with one attached hydrogen (secondary N) is 1. The molecule has 0 fully saturated rings. The number of hydrogen-bond acceptors (Lipinski definition) is 3. The van der Waals surface area contributed by atoms with Crippen LogP contribution in [0.25, 0.3) is 0 Å². The number of hydrogen-bond donors (Lipinski definition) is 2. The van der Waals surface area contributed by atoms with Crippen molar-refractivity contribution in [1.82, 2.24) is 10.3 Å². The molecule has 16 heavy (non-hydrogen) atoms. The first-order chi connectivity index (χ1) is 6.93. The van der Waals surface area contributed by atoms with Gasteiger partial charge in [-0.1, -0.05) is 0 Å². The van der Waals surface area contributed by atoms with E-state index in [-0.39, 0.29) is 36.5 Å². The summed E-state index contributed by atoms with van der Waals surface area (Å²) in [6.07, 6.45) is -4.39. The third-order valence-electron chi connectivity index (χ3n) is 1.50. The second-order valence-corrected chi connectivity index (χ2v) is 3.53. The van der Waals surface area contributed by atoms with Crippen LogP contribution in [0.5, 0.6) is 0 Å². The number of halogens is 4. The summed E-state index contributed by atoms with van der Waals surface area (Å²) < 4.78 is 36.4. The number of aromatic nitrogens is 1. The Labute approximate surface area is 111 Å². The minimum atomic E-state index is -4.39. The summed E-state index contributed by atoms with van der Waals surface area (Å²) in [4.78, 5) is 7.01. The van der Waals surface area contributed by atoms with Gasteiger partial charge < -0.3 is 11.1 Å². The van der Waals surface area contributed by atoms with Gasteiger partial charge in [0.15, 0.2) is 11.7 Å². The summed E-state index contributed by atoms with van der Waals surface area (Å²) in [5, 5.41) is 3.90. The highest BCUT2D eigenvalue weighted by atomic mass is 127. The second kappa shape index (κ2) is 6.23. The molecule has 0 aliphatic rings. The fourth-order valence-corrected chi connectivity index (χ4v) is 1.51. The molecule has 0 aromatic carbocycles. The molecule has 0 aliphatic carbocycles. The summed E-state index contributed by atoms with van der Waals surface area (Å²) in [5.41, 5.74) is 4.43. The number of aliphatic imine (C=N–C) groups is 1. The molecule has 0 radical (unpaired) electrons. The fraction of sp³-hybridized carbons (Fsp3) is 0.429. The maximum Gasteiger partial charge on any atom is 0.434 e. The van der Waals surface area contributed by atoms with Crippen LogP contribution in [-0.4, -0.2) is 18.0 Å². The summed E-state index contributed by atoms with van der Waals surface area (Å²) in [7, 11) is 1.48. The molecule has 1 aromatic rings. The molecule has 1 rings (SSSR count). The lowest BCUT2D eigenvalue weighted by Crippen LogP contribution is -2.30. The molecule has 1 aromatic heterocycles. The Morgan fingerprint density at radius 1 is 1.62 bits per heavy atom. The predicted octanol–water partition coefficient (Wildman–Crippen LogP) is 1.81. The lowest BCUT2D eigenvalue weighted by atomic mass is 10.5. The second-order valence-electron chi connectivity index (χ2n) is 2.59. The van der Waals surface area contributed by atoms with Gasteiger partial charge in [0.1, 0.15) is 5.01 Å². The highest BCUT2D eigenvalue weighted by Gasteiger charge is 2.33. The predicted molar refractivity (Wildman–Crippen MR) is 66.9 cm³/mol. The molecule has 0 unspecified atom stereocenters. The van der Waals surface area contributed by atoms with Gasteiger partial charge in [0.2, 0.25) is 0 Å². The van der Waals surface area contributed by atoms with Crippen LogP contribution >= 0.6 is 35.3 Å². The first-order valence-corrected chi connectivity index (χ1v) is 4.79. The van der Waals surface area contributed by atoms with Gasteiger partial charge in [-0.3, -0.25) is 4.99 Å². The van der Waals surface area contributed by atoms with Gasteiger partial charge in [-0.2, -0.15) is 13.2 Å². The number of alkyl halides is 3. The van der Waals surface area contributed by atoms with E-state index in [1.165, 1.54) is 7.05 Å².